The molecule has 0 aliphatic heterocycles. The van der Waals surface area contributed by atoms with E-state index in [1.54, 1.807) is 43.7 Å². The molecule has 0 bridgehead atoms. The number of thiophene rings is 1. The molecule has 1 aromatic heterocycles. The molecule has 6 heteroatoms. The van der Waals surface area contributed by atoms with E-state index >= 15 is 0 Å². The molecule has 0 fully saturated rings. The molecule has 1 N–H and O–H groups in total. The molecule has 19 heavy (non-hydrogen) atoms. The molecule has 0 saturated heterocycles. The first-order valence-electron chi connectivity index (χ1n) is 5.42. The number of hydrogen-bond donors (Lipinski definition) is 1. The molecule has 0 radical (unpaired) electrons. The molecule has 1 heterocycles. The van der Waals surface area contributed by atoms with Crippen LogP contribution in [-0.2, 0) is 0 Å². The summed E-state index contributed by atoms with van der Waals surface area (Å²) in [6.07, 6.45) is 1.55. The van der Waals surface area contributed by atoms with Gasteiger partial charge in [0.1, 0.15) is 5.75 Å². The van der Waals surface area contributed by atoms with E-state index < -0.39 is 0 Å². The highest BCUT2D eigenvalue weighted by Gasteiger charge is 2.04. The Morgan fingerprint density at radius 1 is 1.42 bits per heavy atom. The van der Waals surface area contributed by atoms with Crippen molar-refractivity contribution in [3.05, 3.63) is 51.2 Å². The van der Waals surface area contributed by atoms with Gasteiger partial charge in [-0.3, -0.25) is 4.79 Å². The Labute approximate surface area is 119 Å². The van der Waals surface area contributed by atoms with Crippen LogP contribution < -0.4 is 10.2 Å². The van der Waals surface area contributed by atoms with E-state index in [1.165, 1.54) is 11.3 Å². The lowest BCUT2D eigenvalue weighted by molar-refractivity contribution is 0.0955. The third-order valence-electron chi connectivity index (χ3n) is 2.28. The lowest BCUT2D eigenvalue weighted by Crippen LogP contribution is -2.17. The summed E-state index contributed by atoms with van der Waals surface area (Å²) in [5, 5.41) is 3.87. The van der Waals surface area contributed by atoms with Crippen LogP contribution in [0.5, 0.6) is 5.75 Å². The van der Waals surface area contributed by atoms with Gasteiger partial charge in [-0.05, 0) is 30.3 Å². The molecule has 1 aromatic carbocycles. The first-order chi connectivity index (χ1) is 9.19. The smallest absolute Gasteiger partial charge is 0.271 e. The van der Waals surface area contributed by atoms with Crippen LogP contribution in [0.1, 0.15) is 15.2 Å². The minimum atomic E-state index is -0.294. The fourth-order valence-electron chi connectivity index (χ4n) is 1.38. The average molecular weight is 295 g/mol. The Hall–Kier alpha value is -1.85. The zero-order valence-corrected chi connectivity index (χ0v) is 11.7. The molecule has 2 aromatic rings. The summed E-state index contributed by atoms with van der Waals surface area (Å²) in [6, 6.07) is 10.5. The Morgan fingerprint density at radius 3 is 2.95 bits per heavy atom. The van der Waals surface area contributed by atoms with Crippen LogP contribution in [0.25, 0.3) is 0 Å². The second-order valence-corrected chi connectivity index (χ2v) is 5.32. The molecule has 98 valence electrons. The largest absolute Gasteiger partial charge is 0.497 e. The summed E-state index contributed by atoms with van der Waals surface area (Å²) in [4.78, 5) is 12.7. The van der Waals surface area contributed by atoms with Gasteiger partial charge in [0.15, 0.2) is 0 Å². The molecule has 0 spiro atoms. The van der Waals surface area contributed by atoms with Crippen LogP contribution in [-0.4, -0.2) is 19.2 Å². The molecule has 0 aliphatic rings. The van der Waals surface area contributed by atoms with Crippen molar-refractivity contribution in [2.45, 2.75) is 0 Å². The number of hydrogen-bond acceptors (Lipinski definition) is 4. The third-order valence-corrected chi connectivity index (χ3v) is 3.45. The maximum atomic E-state index is 11.8. The highest BCUT2D eigenvalue weighted by Crippen LogP contribution is 2.19. The van der Waals surface area contributed by atoms with Gasteiger partial charge in [0.2, 0.25) is 0 Å². The van der Waals surface area contributed by atoms with Crippen LogP contribution in [0.15, 0.2) is 41.5 Å². The second kappa shape index (κ2) is 6.36. The quantitative estimate of drug-likeness (QED) is 0.695. The van der Waals surface area contributed by atoms with Gasteiger partial charge in [-0.1, -0.05) is 17.7 Å². The Bertz CT molecular complexity index is 610. The predicted octanol–water partition coefficient (Wildman–Crippen LogP) is 3.17. The van der Waals surface area contributed by atoms with Crippen molar-refractivity contribution in [3.8, 4) is 5.75 Å². The molecule has 4 nitrogen and oxygen atoms in total. The molecule has 0 aliphatic carbocycles. The van der Waals surface area contributed by atoms with Gasteiger partial charge >= 0.3 is 0 Å². The van der Waals surface area contributed by atoms with Crippen molar-refractivity contribution in [2.75, 3.05) is 7.11 Å². The maximum Gasteiger partial charge on any atom is 0.271 e. The van der Waals surface area contributed by atoms with Crippen molar-refractivity contribution < 1.29 is 9.53 Å². The van der Waals surface area contributed by atoms with Crippen LogP contribution in [0.2, 0.25) is 4.34 Å². The Kier molecular flexibility index (Phi) is 4.54. The van der Waals surface area contributed by atoms with Gasteiger partial charge in [0.25, 0.3) is 5.91 Å². The fourth-order valence-corrected chi connectivity index (χ4v) is 2.31. The zero-order chi connectivity index (χ0) is 13.7. The number of methoxy groups -OCH3 is 1. The lowest BCUT2D eigenvalue weighted by Gasteiger charge is -2.02. The number of amides is 1. The molecule has 1 amide bonds. The summed E-state index contributed by atoms with van der Waals surface area (Å²) < 4.78 is 5.73. The van der Waals surface area contributed by atoms with Crippen LogP contribution in [0.4, 0.5) is 0 Å². The molecule has 0 atom stereocenters. The monoisotopic (exact) mass is 294 g/mol. The molecule has 0 unspecified atom stereocenters. The SMILES string of the molecule is COc1cccc(C(=O)N/N=C\c2ccc(Cl)s2)c1. The summed E-state index contributed by atoms with van der Waals surface area (Å²) in [7, 11) is 1.55. The molecular formula is C13H11ClN2O2S. The van der Waals surface area contributed by atoms with E-state index in [9.17, 15) is 4.79 Å². The first-order valence-corrected chi connectivity index (χ1v) is 6.61. The van der Waals surface area contributed by atoms with Crippen molar-refractivity contribution in [1.29, 1.82) is 0 Å². The minimum absolute atomic E-state index is 0.294. The van der Waals surface area contributed by atoms with Crippen LogP contribution in [0.3, 0.4) is 0 Å². The average Bonchev–Trinajstić information content (AvgIpc) is 2.84. The van der Waals surface area contributed by atoms with Crippen molar-refractivity contribution in [2.24, 2.45) is 5.10 Å². The van der Waals surface area contributed by atoms with Gasteiger partial charge in [-0.15, -0.1) is 11.3 Å². The number of carbonyl (C=O) groups is 1. The number of carbonyl (C=O) groups excluding carboxylic acids is 1. The summed E-state index contributed by atoms with van der Waals surface area (Å²) >= 11 is 7.17. The van der Waals surface area contributed by atoms with Crippen molar-refractivity contribution in [3.63, 3.8) is 0 Å². The van der Waals surface area contributed by atoms with Gasteiger partial charge in [0, 0.05) is 10.4 Å². The standard InChI is InChI=1S/C13H11ClN2O2S/c1-18-10-4-2-3-9(7-10)13(17)16-15-8-11-5-6-12(14)19-11/h2-8H,1H3,(H,16,17)/b15-8-. The van der Waals surface area contributed by atoms with Gasteiger partial charge in [-0.2, -0.15) is 5.10 Å². The highest BCUT2D eigenvalue weighted by atomic mass is 35.5. The summed E-state index contributed by atoms with van der Waals surface area (Å²) in [6.45, 7) is 0. The van der Waals surface area contributed by atoms with Crippen LogP contribution in [0, 0.1) is 0 Å². The van der Waals surface area contributed by atoms with Crippen molar-refractivity contribution in [1.82, 2.24) is 5.43 Å². The third kappa shape index (κ3) is 3.81. The van der Waals surface area contributed by atoms with Gasteiger partial charge < -0.3 is 4.74 Å². The fraction of sp³-hybridized carbons (Fsp3) is 0.0769. The van der Waals surface area contributed by atoms with E-state index in [1.807, 2.05) is 6.07 Å². The number of nitrogens with zero attached hydrogens (tertiary/aromatic N) is 1. The summed E-state index contributed by atoms with van der Waals surface area (Å²) in [5.74, 6) is 0.333. The van der Waals surface area contributed by atoms with E-state index in [0.717, 1.165) is 4.88 Å². The van der Waals surface area contributed by atoms with E-state index in [2.05, 4.69) is 10.5 Å². The maximum absolute atomic E-state index is 11.8. The first kappa shape index (κ1) is 13.6. The Balaban J connectivity index is 1.99. The number of benzene rings is 1. The van der Waals surface area contributed by atoms with Gasteiger partial charge in [0.05, 0.1) is 17.7 Å². The predicted molar refractivity (Wildman–Crippen MR) is 77.4 cm³/mol. The summed E-state index contributed by atoms with van der Waals surface area (Å²) in [5.41, 5.74) is 2.93. The lowest BCUT2D eigenvalue weighted by atomic mass is 10.2. The number of halogens is 1. The molecular weight excluding hydrogens is 284 g/mol. The van der Waals surface area contributed by atoms with Gasteiger partial charge in [-0.25, -0.2) is 5.43 Å². The molecule has 2 rings (SSSR count). The van der Waals surface area contributed by atoms with E-state index in [-0.39, 0.29) is 5.91 Å². The Morgan fingerprint density at radius 2 is 2.26 bits per heavy atom. The second-order valence-electron chi connectivity index (χ2n) is 3.57. The normalized spacial score (nSPS) is 10.6. The topological polar surface area (TPSA) is 50.7 Å². The number of hydrazone groups is 1. The zero-order valence-electron chi connectivity index (χ0n) is 10.1. The highest BCUT2D eigenvalue weighted by molar-refractivity contribution is 7.17. The molecule has 0 saturated carbocycles. The number of nitrogens with one attached hydrogen (secondary N) is 1. The van der Waals surface area contributed by atoms with E-state index in [0.29, 0.717) is 15.6 Å². The van der Waals surface area contributed by atoms with E-state index in [4.69, 9.17) is 16.3 Å². The number of rotatable bonds is 4. The van der Waals surface area contributed by atoms with Crippen LogP contribution >= 0.6 is 22.9 Å². The number of ether oxygens (including phenoxy) is 1. The van der Waals surface area contributed by atoms with Crippen molar-refractivity contribution >= 4 is 35.1 Å². The minimum Gasteiger partial charge on any atom is -0.497 e.